The third-order valence-corrected chi connectivity index (χ3v) is 3.26. The van der Waals surface area contributed by atoms with Gasteiger partial charge in [0.1, 0.15) is 5.82 Å². The second-order valence-corrected chi connectivity index (χ2v) is 4.27. The first-order valence-electron chi connectivity index (χ1n) is 5.91. The molecule has 0 amide bonds. The van der Waals surface area contributed by atoms with Crippen molar-refractivity contribution >= 4 is 11.5 Å². The summed E-state index contributed by atoms with van der Waals surface area (Å²) in [4.78, 5) is 9.32. The molecule has 0 aliphatic carbocycles. The van der Waals surface area contributed by atoms with Crippen LogP contribution in [0, 0.1) is 6.92 Å². The molecule has 4 heteroatoms. The Morgan fingerprint density at radius 1 is 1.25 bits per heavy atom. The minimum atomic E-state index is 0.774. The van der Waals surface area contributed by atoms with Gasteiger partial charge >= 0.3 is 0 Å². The van der Waals surface area contributed by atoms with Crippen LogP contribution < -0.4 is 10.6 Å². The lowest BCUT2D eigenvalue weighted by atomic mass is 10.2. The molecule has 1 saturated heterocycles. The average molecular weight is 220 g/mol. The lowest BCUT2D eigenvalue weighted by molar-refractivity contribution is 0.270. The van der Waals surface area contributed by atoms with E-state index in [0.717, 1.165) is 49.9 Å². The van der Waals surface area contributed by atoms with Crippen LogP contribution in [0.3, 0.4) is 0 Å². The van der Waals surface area contributed by atoms with Crippen molar-refractivity contribution < 1.29 is 0 Å². The lowest BCUT2D eigenvalue weighted by Gasteiger charge is -2.34. The van der Waals surface area contributed by atoms with E-state index in [1.807, 2.05) is 19.1 Å². The van der Waals surface area contributed by atoms with Gasteiger partial charge in [0.15, 0.2) is 0 Å². The van der Waals surface area contributed by atoms with E-state index in [0.29, 0.717) is 0 Å². The van der Waals surface area contributed by atoms with Crippen LogP contribution in [-0.4, -0.2) is 42.6 Å². The fourth-order valence-corrected chi connectivity index (χ4v) is 2.03. The molecule has 0 atom stereocenters. The van der Waals surface area contributed by atoms with Crippen molar-refractivity contribution in [1.29, 1.82) is 0 Å². The Hall–Kier alpha value is -1.29. The first kappa shape index (κ1) is 11.2. The number of hydrogen-bond acceptors (Lipinski definition) is 4. The third kappa shape index (κ3) is 2.27. The zero-order valence-electron chi connectivity index (χ0n) is 10.1. The average Bonchev–Trinajstić information content (AvgIpc) is 2.33. The van der Waals surface area contributed by atoms with Crippen molar-refractivity contribution in [2.45, 2.75) is 13.8 Å². The first-order valence-corrected chi connectivity index (χ1v) is 5.91. The Morgan fingerprint density at radius 2 is 1.94 bits per heavy atom. The van der Waals surface area contributed by atoms with Crippen molar-refractivity contribution in [2.75, 3.05) is 43.4 Å². The summed E-state index contributed by atoms with van der Waals surface area (Å²) < 4.78 is 0. The minimum Gasteiger partial charge on any atom is -0.397 e. The Morgan fingerprint density at radius 3 is 2.50 bits per heavy atom. The SMILES string of the molecule is CCN1CCN(c2ccc(N)c(C)n2)CC1. The quantitative estimate of drug-likeness (QED) is 0.811. The van der Waals surface area contributed by atoms with Crippen molar-refractivity contribution in [2.24, 2.45) is 0 Å². The van der Waals surface area contributed by atoms with Crippen LogP contribution in [0.2, 0.25) is 0 Å². The van der Waals surface area contributed by atoms with Crippen molar-refractivity contribution in [3.8, 4) is 0 Å². The van der Waals surface area contributed by atoms with E-state index in [1.165, 1.54) is 0 Å². The van der Waals surface area contributed by atoms with Crippen LogP contribution >= 0.6 is 0 Å². The molecular weight excluding hydrogens is 200 g/mol. The van der Waals surface area contributed by atoms with Gasteiger partial charge in [-0.2, -0.15) is 0 Å². The van der Waals surface area contributed by atoms with Crippen LogP contribution in [0.5, 0.6) is 0 Å². The van der Waals surface area contributed by atoms with Crippen LogP contribution in [-0.2, 0) is 0 Å². The molecule has 1 fully saturated rings. The highest BCUT2D eigenvalue weighted by atomic mass is 15.3. The number of piperazine rings is 1. The topological polar surface area (TPSA) is 45.4 Å². The molecule has 0 unspecified atom stereocenters. The molecule has 0 radical (unpaired) electrons. The lowest BCUT2D eigenvalue weighted by Crippen LogP contribution is -2.46. The molecule has 1 aromatic rings. The van der Waals surface area contributed by atoms with Gasteiger partial charge in [0.05, 0.1) is 11.4 Å². The predicted octanol–water partition coefficient (Wildman–Crippen LogP) is 1.11. The molecule has 2 rings (SSSR count). The number of nitrogen functional groups attached to an aromatic ring is 1. The Bertz CT molecular complexity index is 356. The molecule has 0 saturated carbocycles. The third-order valence-electron chi connectivity index (χ3n) is 3.26. The zero-order chi connectivity index (χ0) is 11.5. The standard InChI is InChI=1S/C12H20N4/c1-3-15-6-8-16(9-7-15)12-5-4-11(13)10(2)14-12/h4-5H,3,6-9,13H2,1-2H3. The van der Waals surface area contributed by atoms with Gasteiger partial charge in [-0.1, -0.05) is 6.92 Å². The number of nitrogens with two attached hydrogens (primary N) is 1. The van der Waals surface area contributed by atoms with E-state index in [9.17, 15) is 0 Å². The Balaban J connectivity index is 2.05. The van der Waals surface area contributed by atoms with E-state index in [1.54, 1.807) is 0 Å². The molecule has 2 heterocycles. The second kappa shape index (κ2) is 4.70. The fraction of sp³-hybridized carbons (Fsp3) is 0.583. The van der Waals surface area contributed by atoms with Crippen LogP contribution in [0.15, 0.2) is 12.1 Å². The number of aromatic nitrogens is 1. The number of likely N-dealkylation sites (N-methyl/N-ethyl adjacent to an activating group) is 1. The Labute approximate surface area is 97.1 Å². The van der Waals surface area contributed by atoms with Crippen molar-refractivity contribution in [1.82, 2.24) is 9.88 Å². The van der Waals surface area contributed by atoms with Crippen molar-refractivity contribution in [3.05, 3.63) is 17.8 Å². The number of aryl methyl sites for hydroxylation is 1. The summed E-state index contributed by atoms with van der Waals surface area (Å²) >= 11 is 0. The highest BCUT2D eigenvalue weighted by molar-refractivity contribution is 5.50. The summed E-state index contributed by atoms with van der Waals surface area (Å²) in [6.07, 6.45) is 0. The molecule has 0 bridgehead atoms. The van der Waals surface area contributed by atoms with Crippen LogP contribution in [0.25, 0.3) is 0 Å². The monoisotopic (exact) mass is 220 g/mol. The maximum Gasteiger partial charge on any atom is 0.129 e. The molecule has 16 heavy (non-hydrogen) atoms. The van der Waals surface area contributed by atoms with Gasteiger partial charge in [-0.3, -0.25) is 0 Å². The van der Waals surface area contributed by atoms with Gasteiger partial charge in [-0.05, 0) is 25.6 Å². The van der Waals surface area contributed by atoms with Crippen molar-refractivity contribution in [3.63, 3.8) is 0 Å². The molecule has 4 nitrogen and oxygen atoms in total. The zero-order valence-corrected chi connectivity index (χ0v) is 10.1. The van der Waals surface area contributed by atoms with E-state index < -0.39 is 0 Å². The molecule has 1 aliphatic rings. The number of anilines is 2. The number of hydrogen-bond donors (Lipinski definition) is 1. The van der Waals surface area contributed by atoms with E-state index in [4.69, 9.17) is 5.73 Å². The summed E-state index contributed by atoms with van der Waals surface area (Å²) in [5.41, 5.74) is 7.47. The Kier molecular flexibility index (Phi) is 3.29. The highest BCUT2D eigenvalue weighted by Crippen LogP contribution is 2.17. The maximum absolute atomic E-state index is 5.77. The predicted molar refractivity (Wildman–Crippen MR) is 67.7 cm³/mol. The number of rotatable bonds is 2. The van der Waals surface area contributed by atoms with Gasteiger partial charge in [0.2, 0.25) is 0 Å². The molecule has 88 valence electrons. The van der Waals surface area contributed by atoms with Gasteiger partial charge < -0.3 is 15.5 Å². The smallest absolute Gasteiger partial charge is 0.129 e. The maximum atomic E-state index is 5.77. The number of pyridine rings is 1. The molecule has 0 aromatic carbocycles. The fourth-order valence-electron chi connectivity index (χ4n) is 2.03. The molecule has 1 aliphatic heterocycles. The first-order chi connectivity index (χ1) is 7.70. The normalized spacial score (nSPS) is 17.8. The molecule has 0 spiro atoms. The molecule has 2 N–H and O–H groups in total. The largest absolute Gasteiger partial charge is 0.397 e. The summed E-state index contributed by atoms with van der Waals surface area (Å²) in [7, 11) is 0. The van der Waals surface area contributed by atoms with E-state index in [2.05, 4.69) is 21.7 Å². The van der Waals surface area contributed by atoms with Gasteiger partial charge in [0, 0.05) is 26.2 Å². The van der Waals surface area contributed by atoms with Crippen LogP contribution in [0.4, 0.5) is 11.5 Å². The minimum absolute atomic E-state index is 0.774. The van der Waals surface area contributed by atoms with Gasteiger partial charge in [0.25, 0.3) is 0 Å². The summed E-state index contributed by atoms with van der Waals surface area (Å²) in [5, 5.41) is 0. The highest BCUT2D eigenvalue weighted by Gasteiger charge is 2.16. The second-order valence-electron chi connectivity index (χ2n) is 4.27. The summed E-state index contributed by atoms with van der Waals surface area (Å²) in [5.74, 6) is 1.06. The van der Waals surface area contributed by atoms with Gasteiger partial charge in [-0.25, -0.2) is 4.98 Å². The molecule has 1 aromatic heterocycles. The van der Waals surface area contributed by atoms with E-state index >= 15 is 0 Å². The summed E-state index contributed by atoms with van der Waals surface area (Å²) in [6, 6.07) is 3.97. The molecular formula is C12H20N4. The number of nitrogens with zero attached hydrogens (tertiary/aromatic N) is 3. The summed E-state index contributed by atoms with van der Waals surface area (Å²) in [6.45, 7) is 9.68. The van der Waals surface area contributed by atoms with Crippen LogP contribution in [0.1, 0.15) is 12.6 Å². The van der Waals surface area contributed by atoms with E-state index in [-0.39, 0.29) is 0 Å². The van der Waals surface area contributed by atoms with Gasteiger partial charge in [-0.15, -0.1) is 0 Å².